The lowest BCUT2D eigenvalue weighted by Gasteiger charge is -2.08. The Balaban J connectivity index is 2.26. The topological polar surface area (TPSA) is 76.2 Å². The number of halogens is 1. The largest absolute Gasteiger partial charge is 0.481 e. The predicted molar refractivity (Wildman–Crippen MR) is 64.2 cm³/mol. The minimum Gasteiger partial charge on any atom is -0.481 e. The van der Waals surface area contributed by atoms with Crippen molar-refractivity contribution in [2.75, 3.05) is 0 Å². The second kappa shape index (κ2) is 5.60. The van der Waals surface area contributed by atoms with Gasteiger partial charge in [-0.25, -0.2) is 4.39 Å². The molecule has 0 radical (unpaired) electrons. The van der Waals surface area contributed by atoms with Gasteiger partial charge in [0.05, 0.1) is 0 Å². The molecule has 1 aromatic carbocycles. The molecular weight excluding hydrogens is 251 g/mol. The first kappa shape index (κ1) is 13.2. The van der Waals surface area contributed by atoms with Crippen LogP contribution in [0.1, 0.15) is 30.2 Å². The fourth-order valence-corrected chi connectivity index (χ4v) is 1.71. The number of aliphatic carboxylic acids is 1. The Morgan fingerprint density at radius 1 is 1.42 bits per heavy atom. The first-order valence-corrected chi connectivity index (χ1v) is 5.90. The summed E-state index contributed by atoms with van der Waals surface area (Å²) in [6.45, 7) is 1.82. The number of carboxylic acids is 1. The SMILES string of the molecule is CCc1nnc(C(Cc2ccccc2F)C(=O)O)o1. The van der Waals surface area contributed by atoms with Crippen LogP contribution in [-0.2, 0) is 17.6 Å². The van der Waals surface area contributed by atoms with Crippen molar-refractivity contribution < 1.29 is 18.7 Å². The van der Waals surface area contributed by atoms with E-state index in [0.717, 1.165) is 0 Å². The Morgan fingerprint density at radius 2 is 2.16 bits per heavy atom. The zero-order valence-corrected chi connectivity index (χ0v) is 10.3. The second-order valence-electron chi connectivity index (χ2n) is 4.07. The van der Waals surface area contributed by atoms with Crippen molar-refractivity contribution >= 4 is 5.97 Å². The van der Waals surface area contributed by atoms with Crippen LogP contribution in [0.5, 0.6) is 0 Å². The van der Waals surface area contributed by atoms with E-state index in [1.165, 1.54) is 6.07 Å². The number of carboxylic acid groups (broad SMARTS) is 1. The fraction of sp³-hybridized carbons (Fsp3) is 0.308. The van der Waals surface area contributed by atoms with Crippen LogP contribution in [-0.4, -0.2) is 21.3 Å². The molecular formula is C13H13FN2O3. The molecule has 0 amide bonds. The van der Waals surface area contributed by atoms with E-state index in [4.69, 9.17) is 4.42 Å². The van der Waals surface area contributed by atoms with Crippen LogP contribution in [0.15, 0.2) is 28.7 Å². The van der Waals surface area contributed by atoms with E-state index >= 15 is 0 Å². The molecule has 19 heavy (non-hydrogen) atoms. The summed E-state index contributed by atoms with van der Waals surface area (Å²) in [5.41, 5.74) is 0.311. The van der Waals surface area contributed by atoms with E-state index in [0.29, 0.717) is 17.9 Å². The predicted octanol–water partition coefficient (Wildman–Crippen LogP) is 2.18. The third kappa shape index (κ3) is 2.96. The Kier molecular flexibility index (Phi) is 3.89. The van der Waals surface area contributed by atoms with Crippen molar-refractivity contribution in [3.8, 4) is 0 Å². The third-order valence-corrected chi connectivity index (χ3v) is 2.76. The molecule has 1 heterocycles. The van der Waals surface area contributed by atoms with E-state index in [1.807, 2.05) is 6.92 Å². The fourth-order valence-electron chi connectivity index (χ4n) is 1.71. The van der Waals surface area contributed by atoms with E-state index in [1.54, 1.807) is 18.2 Å². The van der Waals surface area contributed by atoms with Gasteiger partial charge in [-0.1, -0.05) is 25.1 Å². The van der Waals surface area contributed by atoms with Gasteiger partial charge >= 0.3 is 5.97 Å². The molecule has 0 aliphatic heterocycles. The highest BCUT2D eigenvalue weighted by molar-refractivity contribution is 5.75. The summed E-state index contributed by atoms with van der Waals surface area (Å²) in [5, 5.41) is 16.7. The van der Waals surface area contributed by atoms with Gasteiger partial charge in [-0.3, -0.25) is 4.79 Å². The molecule has 0 spiro atoms. The van der Waals surface area contributed by atoms with Crippen molar-refractivity contribution in [2.45, 2.75) is 25.7 Å². The number of carbonyl (C=O) groups is 1. The quantitative estimate of drug-likeness (QED) is 0.895. The van der Waals surface area contributed by atoms with Gasteiger partial charge in [0.1, 0.15) is 11.7 Å². The van der Waals surface area contributed by atoms with Crippen LogP contribution >= 0.6 is 0 Å². The molecule has 0 aliphatic carbocycles. The molecule has 0 bridgehead atoms. The van der Waals surface area contributed by atoms with Gasteiger partial charge in [0.25, 0.3) is 0 Å². The zero-order valence-electron chi connectivity index (χ0n) is 10.3. The Hall–Kier alpha value is -2.24. The van der Waals surface area contributed by atoms with Crippen molar-refractivity contribution in [1.82, 2.24) is 10.2 Å². The van der Waals surface area contributed by atoms with Crippen molar-refractivity contribution in [3.05, 3.63) is 47.4 Å². The van der Waals surface area contributed by atoms with Crippen molar-refractivity contribution in [3.63, 3.8) is 0 Å². The summed E-state index contributed by atoms with van der Waals surface area (Å²) in [7, 11) is 0. The molecule has 1 atom stereocenters. The summed E-state index contributed by atoms with van der Waals surface area (Å²) < 4.78 is 18.8. The summed E-state index contributed by atoms with van der Waals surface area (Å²) in [6.07, 6.45) is 0.506. The van der Waals surface area contributed by atoms with Gasteiger partial charge in [0.2, 0.25) is 11.8 Å². The lowest BCUT2D eigenvalue weighted by atomic mass is 9.99. The highest BCUT2D eigenvalue weighted by atomic mass is 19.1. The number of aromatic nitrogens is 2. The maximum atomic E-state index is 13.5. The van der Waals surface area contributed by atoms with Crippen LogP contribution in [0.25, 0.3) is 0 Å². The highest BCUT2D eigenvalue weighted by Crippen LogP contribution is 2.22. The monoisotopic (exact) mass is 264 g/mol. The number of benzene rings is 1. The minimum absolute atomic E-state index is 0.00704. The Morgan fingerprint density at radius 3 is 2.74 bits per heavy atom. The molecule has 6 heteroatoms. The molecule has 5 nitrogen and oxygen atoms in total. The van der Waals surface area contributed by atoms with Crippen LogP contribution < -0.4 is 0 Å². The number of nitrogens with zero attached hydrogens (tertiary/aromatic N) is 2. The number of aryl methyl sites for hydroxylation is 1. The molecule has 0 aliphatic rings. The molecule has 1 N–H and O–H groups in total. The molecule has 0 saturated carbocycles. The molecule has 1 unspecified atom stereocenters. The highest BCUT2D eigenvalue weighted by Gasteiger charge is 2.27. The number of hydrogen-bond acceptors (Lipinski definition) is 4. The standard InChI is InChI=1S/C13H13FN2O3/c1-2-11-15-16-12(19-11)9(13(17)18)7-8-5-3-4-6-10(8)14/h3-6,9H,2,7H2,1H3,(H,17,18). The average Bonchev–Trinajstić information content (AvgIpc) is 2.86. The zero-order chi connectivity index (χ0) is 13.8. The van der Waals surface area contributed by atoms with Crippen molar-refractivity contribution in [2.24, 2.45) is 0 Å². The lowest BCUT2D eigenvalue weighted by Crippen LogP contribution is -2.15. The molecule has 0 saturated heterocycles. The van der Waals surface area contributed by atoms with Crippen molar-refractivity contribution in [1.29, 1.82) is 0 Å². The van der Waals surface area contributed by atoms with Crippen LogP contribution in [0.2, 0.25) is 0 Å². The first-order valence-electron chi connectivity index (χ1n) is 5.90. The molecule has 100 valence electrons. The molecule has 2 rings (SSSR count). The maximum Gasteiger partial charge on any atom is 0.316 e. The van der Waals surface area contributed by atoms with Crippen LogP contribution in [0.4, 0.5) is 4.39 Å². The van der Waals surface area contributed by atoms with Gasteiger partial charge in [0, 0.05) is 6.42 Å². The number of hydrogen-bond donors (Lipinski definition) is 1. The maximum absolute atomic E-state index is 13.5. The van der Waals surface area contributed by atoms with Crippen LogP contribution in [0.3, 0.4) is 0 Å². The third-order valence-electron chi connectivity index (χ3n) is 2.76. The molecule has 1 aromatic heterocycles. The second-order valence-corrected chi connectivity index (χ2v) is 4.07. The smallest absolute Gasteiger partial charge is 0.316 e. The summed E-state index contributed by atoms with van der Waals surface area (Å²) in [6, 6.07) is 6.04. The van der Waals surface area contributed by atoms with Gasteiger partial charge in [-0.2, -0.15) is 0 Å². The minimum atomic E-state index is -1.12. The van der Waals surface area contributed by atoms with E-state index in [9.17, 15) is 14.3 Å². The van der Waals surface area contributed by atoms with E-state index < -0.39 is 17.7 Å². The van der Waals surface area contributed by atoms with E-state index in [-0.39, 0.29) is 12.3 Å². The van der Waals surface area contributed by atoms with Gasteiger partial charge in [0.15, 0.2) is 0 Å². The van der Waals surface area contributed by atoms with Gasteiger partial charge in [-0.15, -0.1) is 10.2 Å². The normalized spacial score (nSPS) is 12.3. The summed E-state index contributed by atoms with van der Waals surface area (Å²) in [5.74, 6) is -2.22. The summed E-state index contributed by atoms with van der Waals surface area (Å²) in [4.78, 5) is 11.3. The first-order chi connectivity index (χ1) is 9.11. The average molecular weight is 264 g/mol. The summed E-state index contributed by atoms with van der Waals surface area (Å²) >= 11 is 0. The lowest BCUT2D eigenvalue weighted by molar-refractivity contribution is -0.139. The Bertz CT molecular complexity index is 583. The Labute approximate surface area is 109 Å². The van der Waals surface area contributed by atoms with Crippen LogP contribution in [0, 0.1) is 5.82 Å². The molecule has 2 aromatic rings. The number of rotatable bonds is 5. The van der Waals surface area contributed by atoms with Gasteiger partial charge in [-0.05, 0) is 18.1 Å². The molecule has 0 fully saturated rings. The van der Waals surface area contributed by atoms with E-state index in [2.05, 4.69) is 10.2 Å². The van der Waals surface area contributed by atoms with Gasteiger partial charge < -0.3 is 9.52 Å².